The largest absolute Gasteiger partial charge is 0.492 e. The van der Waals surface area contributed by atoms with Crippen LogP contribution in [0.1, 0.15) is 63.7 Å². The van der Waals surface area contributed by atoms with Gasteiger partial charge < -0.3 is 19.3 Å². The van der Waals surface area contributed by atoms with Gasteiger partial charge in [0.25, 0.3) is 5.91 Å². The molecule has 1 aromatic carbocycles. The summed E-state index contributed by atoms with van der Waals surface area (Å²) < 4.78 is 11.3. The van der Waals surface area contributed by atoms with E-state index in [-0.39, 0.29) is 12.0 Å². The van der Waals surface area contributed by atoms with Crippen molar-refractivity contribution in [3.63, 3.8) is 0 Å². The van der Waals surface area contributed by atoms with E-state index < -0.39 is 5.60 Å². The van der Waals surface area contributed by atoms with Gasteiger partial charge >= 0.3 is 6.09 Å². The lowest BCUT2D eigenvalue weighted by Gasteiger charge is -2.35. The van der Waals surface area contributed by atoms with Gasteiger partial charge in [0.15, 0.2) is 0 Å². The number of benzene rings is 1. The Morgan fingerprint density at radius 1 is 1.23 bits per heavy atom. The van der Waals surface area contributed by atoms with Gasteiger partial charge in [0, 0.05) is 32.7 Å². The van der Waals surface area contributed by atoms with E-state index in [0.29, 0.717) is 34.8 Å². The number of likely N-dealkylation sites (tertiary alicyclic amines) is 1. The quantitative estimate of drug-likeness (QED) is 0.513. The predicted octanol–water partition coefficient (Wildman–Crippen LogP) is 5.48. The number of carbonyl (C=O) groups excluding carboxylic acids is 2. The molecule has 1 saturated heterocycles. The molecule has 1 fully saturated rings. The third-order valence-corrected chi connectivity index (χ3v) is 5.94. The number of nitrogens with zero attached hydrogens (tertiary/aromatic N) is 2. The number of carbonyl (C=O) groups is 2. The lowest BCUT2D eigenvalue weighted by atomic mass is 9.83. The second-order valence-corrected chi connectivity index (χ2v) is 10.0. The molecule has 0 spiro atoms. The van der Waals surface area contributed by atoms with E-state index in [1.54, 1.807) is 32.3 Å². The summed E-state index contributed by atoms with van der Waals surface area (Å²) in [4.78, 5) is 27.6. The zero-order chi connectivity index (χ0) is 23.2. The molecule has 31 heavy (non-hydrogen) atoms. The fourth-order valence-corrected chi connectivity index (χ4v) is 4.04. The monoisotopic (exact) mass is 452 g/mol. The Balaban J connectivity index is 1.71. The molecule has 2 amide bonds. The molecular formula is C24H37ClN2O4. The first-order valence-corrected chi connectivity index (χ1v) is 11.5. The highest BCUT2D eigenvalue weighted by Crippen LogP contribution is 2.30. The van der Waals surface area contributed by atoms with Crippen LogP contribution in [-0.4, -0.2) is 61.2 Å². The summed E-state index contributed by atoms with van der Waals surface area (Å²) in [7, 11) is 3.42. The molecule has 0 N–H and O–H groups in total. The molecule has 0 saturated carbocycles. The van der Waals surface area contributed by atoms with Gasteiger partial charge in [0.2, 0.25) is 0 Å². The SMILES string of the molecule is CC(CCCOc1ccc(C(=O)N(C)C)cc1Cl)C1CCN(C(=O)OC(C)(C)C)CC1. The van der Waals surface area contributed by atoms with Crippen LogP contribution in [0, 0.1) is 11.8 Å². The van der Waals surface area contributed by atoms with Gasteiger partial charge in [-0.15, -0.1) is 0 Å². The minimum absolute atomic E-state index is 0.0833. The molecule has 0 aliphatic carbocycles. The Morgan fingerprint density at radius 3 is 2.42 bits per heavy atom. The molecule has 0 bridgehead atoms. The molecule has 1 aliphatic rings. The maximum atomic E-state index is 12.2. The average Bonchev–Trinajstić information content (AvgIpc) is 2.70. The van der Waals surface area contributed by atoms with Crippen LogP contribution in [0.15, 0.2) is 18.2 Å². The van der Waals surface area contributed by atoms with E-state index >= 15 is 0 Å². The third kappa shape index (κ3) is 7.91. The summed E-state index contributed by atoms with van der Waals surface area (Å²) in [6, 6.07) is 5.15. The smallest absolute Gasteiger partial charge is 0.410 e. The van der Waals surface area contributed by atoms with Gasteiger partial charge in [-0.2, -0.15) is 0 Å². The van der Waals surface area contributed by atoms with Crippen LogP contribution in [0.25, 0.3) is 0 Å². The van der Waals surface area contributed by atoms with Crippen molar-refractivity contribution in [3.05, 3.63) is 28.8 Å². The molecule has 1 unspecified atom stereocenters. The minimum atomic E-state index is -0.452. The number of rotatable bonds is 7. The number of hydrogen-bond donors (Lipinski definition) is 0. The van der Waals surface area contributed by atoms with Gasteiger partial charge in [-0.05, 0) is 76.5 Å². The summed E-state index contributed by atoms with van der Waals surface area (Å²) in [6.45, 7) is 10.1. The molecular weight excluding hydrogens is 416 g/mol. The lowest BCUT2D eigenvalue weighted by molar-refractivity contribution is 0.0160. The average molecular weight is 453 g/mol. The molecule has 1 heterocycles. The first kappa shape index (κ1) is 25.3. The Labute approximate surface area is 191 Å². The van der Waals surface area contributed by atoms with Crippen LogP contribution in [0.4, 0.5) is 4.79 Å². The van der Waals surface area contributed by atoms with Gasteiger partial charge in [-0.3, -0.25) is 4.79 Å². The molecule has 1 aromatic rings. The summed E-state index contributed by atoms with van der Waals surface area (Å²) in [5.41, 5.74) is 0.0977. The van der Waals surface area contributed by atoms with Crippen molar-refractivity contribution in [3.8, 4) is 5.75 Å². The Kier molecular flexibility index (Phi) is 9.04. The van der Waals surface area contributed by atoms with Crippen LogP contribution in [0.5, 0.6) is 5.75 Å². The van der Waals surface area contributed by atoms with Crippen LogP contribution < -0.4 is 4.74 Å². The highest BCUT2D eigenvalue weighted by molar-refractivity contribution is 6.32. The maximum absolute atomic E-state index is 12.2. The standard InChI is InChI=1S/C24H37ClN2O4/c1-17(18-11-13-27(14-12-18)23(29)31-24(2,3)4)8-7-15-30-21-10-9-19(16-20(21)25)22(28)26(5)6/h9-10,16-18H,7-8,11-15H2,1-6H3. The van der Waals surface area contributed by atoms with Gasteiger partial charge in [-0.1, -0.05) is 18.5 Å². The predicted molar refractivity (Wildman–Crippen MR) is 124 cm³/mol. The van der Waals surface area contributed by atoms with E-state index in [9.17, 15) is 9.59 Å². The van der Waals surface area contributed by atoms with Crippen molar-refractivity contribution in [1.29, 1.82) is 0 Å². The van der Waals surface area contributed by atoms with Crippen molar-refractivity contribution in [2.75, 3.05) is 33.8 Å². The highest BCUT2D eigenvalue weighted by Gasteiger charge is 2.28. The van der Waals surface area contributed by atoms with Crippen molar-refractivity contribution in [1.82, 2.24) is 9.80 Å². The third-order valence-electron chi connectivity index (χ3n) is 5.64. The van der Waals surface area contributed by atoms with Crippen molar-refractivity contribution in [2.45, 2.75) is 59.0 Å². The summed E-state index contributed by atoms with van der Waals surface area (Å²) in [5, 5.41) is 0.454. The number of amides is 2. The first-order chi connectivity index (χ1) is 14.5. The normalized spacial score (nSPS) is 16.0. The Bertz CT molecular complexity index is 752. The fourth-order valence-electron chi connectivity index (χ4n) is 3.81. The van der Waals surface area contributed by atoms with Gasteiger partial charge in [0.05, 0.1) is 11.6 Å². The van der Waals surface area contributed by atoms with E-state index in [0.717, 1.165) is 38.8 Å². The minimum Gasteiger partial charge on any atom is -0.492 e. The first-order valence-electron chi connectivity index (χ1n) is 11.1. The van der Waals surface area contributed by atoms with E-state index in [1.807, 2.05) is 25.7 Å². The van der Waals surface area contributed by atoms with Crippen LogP contribution in [-0.2, 0) is 4.74 Å². The topological polar surface area (TPSA) is 59.1 Å². The molecule has 1 aliphatic heterocycles. The molecule has 174 valence electrons. The molecule has 0 radical (unpaired) electrons. The zero-order valence-corrected chi connectivity index (χ0v) is 20.5. The second-order valence-electron chi connectivity index (χ2n) is 9.62. The van der Waals surface area contributed by atoms with E-state index in [1.165, 1.54) is 4.90 Å². The van der Waals surface area contributed by atoms with Crippen molar-refractivity contribution in [2.24, 2.45) is 11.8 Å². The number of ether oxygens (including phenoxy) is 2. The van der Waals surface area contributed by atoms with Crippen LogP contribution in [0.2, 0.25) is 5.02 Å². The fraction of sp³-hybridized carbons (Fsp3) is 0.667. The number of halogens is 1. The van der Waals surface area contributed by atoms with Crippen molar-refractivity contribution < 1.29 is 19.1 Å². The van der Waals surface area contributed by atoms with Crippen LogP contribution in [0.3, 0.4) is 0 Å². The zero-order valence-electron chi connectivity index (χ0n) is 19.7. The maximum Gasteiger partial charge on any atom is 0.410 e. The summed E-state index contributed by atoms with van der Waals surface area (Å²) in [6.07, 6.45) is 3.80. The van der Waals surface area contributed by atoms with Crippen LogP contribution >= 0.6 is 11.6 Å². The number of hydrogen-bond acceptors (Lipinski definition) is 4. The van der Waals surface area contributed by atoms with E-state index in [2.05, 4.69) is 6.92 Å². The second kappa shape index (κ2) is 11.1. The van der Waals surface area contributed by atoms with E-state index in [4.69, 9.17) is 21.1 Å². The van der Waals surface area contributed by atoms with Gasteiger partial charge in [-0.25, -0.2) is 4.79 Å². The Hall–Kier alpha value is -1.95. The molecule has 6 nitrogen and oxygen atoms in total. The number of piperidine rings is 1. The van der Waals surface area contributed by atoms with Gasteiger partial charge in [0.1, 0.15) is 11.4 Å². The Morgan fingerprint density at radius 2 is 1.87 bits per heavy atom. The summed E-state index contributed by atoms with van der Waals surface area (Å²) >= 11 is 6.28. The lowest BCUT2D eigenvalue weighted by Crippen LogP contribution is -2.42. The molecule has 0 aromatic heterocycles. The van der Waals surface area contributed by atoms with Crippen molar-refractivity contribution >= 4 is 23.6 Å². The molecule has 2 rings (SSSR count). The molecule has 7 heteroatoms. The highest BCUT2D eigenvalue weighted by atomic mass is 35.5. The molecule has 1 atom stereocenters. The summed E-state index contributed by atoms with van der Waals surface area (Å²) in [5.74, 6) is 1.70.